The van der Waals surface area contributed by atoms with Crippen molar-refractivity contribution in [1.29, 1.82) is 0 Å². The van der Waals surface area contributed by atoms with E-state index in [1.165, 1.54) is 12.1 Å². The van der Waals surface area contributed by atoms with Gasteiger partial charge < -0.3 is 10.4 Å². The summed E-state index contributed by atoms with van der Waals surface area (Å²) in [4.78, 5) is 24.3. The van der Waals surface area contributed by atoms with Crippen molar-refractivity contribution < 1.29 is 19.1 Å². The Morgan fingerprint density at radius 1 is 1.14 bits per heavy atom. The molecule has 1 spiro atoms. The van der Waals surface area contributed by atoms with E-state index in [4.69, 9.17) is 0 Å². The smallest absolute Gasteiger partial charge is 0.307 e. The van der Waals surface area contributed by atoms with Crippen molar-refractivity contribution in [2.45, 2.75) is 12.8 Å². The predicted octanol–water partition coefficient (Wildman–Crippen LogP) is 2.68. The van der Waals surface area contributed by atoms with Crippen molar-refractivity contribution in [2.24, 2.45) is 29.1 Å². The Morgan fingerprint density at radius 2 is 1.77 bits per heavy atom. The number of para-hydroxylation sites is 1. The summed E-state index contributed by atoms with van der Waals surface area (Å²) in [5.41, 5.74) is 0.0774. The monoisotopic (exact) mass is 301 g/mol. The number of benzene rings is 1. The van der Waals surface area contributed by atoms with Gasteiger partial charge in [-0.15, -0.1) is 0 Å². The van der Waals surface area contributed by atoms with Crippen LogP contribution in [0.4, 0.5) is 10.1 Å². The molecule has 3 aliphatic carbocycles. The summed E-state index contributed by atoms with van der Waals surface area (Å²) in [6, 6.07) is 5.94. The summed E-state index contributed by atoms with van der Waals surface area (Å²) in [5, 5.41) is 12.1. The summed E-state index contributed by atoms with van der Waals surface area (Å²) < 4.78 is 13.7. The highest BCUT2D eigenvalue weighted by atomic mass is 19.1. The molecule has 0 heterocycles. The van der Waals surface area contributed by atoms with Crippen LogP contribution in [0.15, 0.2) is 36.4 Å². The second kappa shape index (κ2) is 4.41. The number of carbonyl (C=O) groups excluding carboxylic acids is 1. The minimum atomic E-state index is -0.934. The fraction of sp³-hybridized carbons (Fsp3) is 0.412. The number of carbonyl (C=O) groups is 2. The highest BCUT2D eigenvalue weighted by Crippen LogP contribution is 2.72. The largest absolute Gasteiger partial charge is 0.481 e. The van der Waals surface area contributed by atoms with Crippen LogP contribution in [0.5, 0.6) is 0 Å². The number of halogens is 1. The zero-order valence-electron chi connectivity index (χ0n) is 11.8. The van der Waals surface area contributed by atoms with Crippen molar-refractivity contribution in [3.05, 3.63) is 42.2 Å². The molecule has 4 rings (SSSR count). The van der Waals surface area contributed by atoms with Gasteiger partial charge in [-0.3, -0.25) is 9.59 Å². The second-order valence-corrected chi connectivity index (χ2v) is 6.53. The number of aliphatic carboxylic acids is 1. The second-order valence-electron chi connectivity index (χ2n) is 6.53. The van der Waals surface area contributed by atoms with Crippen LogP contribution >= 0.6 is 0 Å². The lowest BCUT2D eigenvalue weighted by atomic mass is 9.82. The molecule has 1 aromatic carbocycles. The van der Waals surface area contributed by atoms with Crippen LogP contribution in [0.1, 0.15) is 12.8 Å². The van der Waals surface area contributed by atoms with Crippen molar-refractivity contribution in [3.63, 3.8) is 0 Å². The number of allylic oxidation sites excluding steroid dienone is 2. The van der Waals surface area contributed by atoms with E-state index in [-0.39, 0.29) is 28.8 Å². The zero-order chi connectivity index (χ0) is 15.5. The molecule has 0 aliphatic heterocycles. The number of hydrogen-bond donors (Lipinski definition) is 2. The Morgan fingerprint density at radius 3 is 2.36 bits per heavy atom. The summed E-state index contributed by atoms with van der Waals surface area (Å²) in [7, 11) is 0. The van der Waals surface area contributed by atoms with Crippen LogP contribution in [0.2, 0.25) is 0 Å². The summed E-state index contributed by atoms with van der Waals surface area (Å²) >= 11 is 0. The fourth-order valence-electron chi connectivity index (χ4n) is 4.47. The number of rotatable bonds is 3. The summed E-state index contributed by atoms with van der Waals surface area (Å²) in [5.74, 6) is -3.25. The van der Waals surface area contributed by atoms with Gasteiger partial charge in [0.05, 0.1) is 17.5 Å². The maximum atomic E-state index is 13.7. The van der Waals surface area contributed by atoms with Gasteiger partial charge >= 0.3 is 5.97 Å². The van der Waals surface area contributed by atoms with Crippen molar-refractivity contribution in [3.8, 4) is 0 Å². The minimum absolute atomic E-state index is 0.0275. The number of amides is 1. The van der Waals surface area contributed by atoms with Gasteiger partial charge in [-0.1, -0.05) is 24.3 Å². The first-order chi connectivity index (χ1) is 10.5. The Hall–Kier alpha value is -2.17. The minimum Gasteiger partial charge on any atom is -0.481 e. The zero-order valence-corrected chi connectivity index (χ0v) is 11.8. The maximum Gasteiger partial charge on any atom is 0.307 e. The van der Waals surface area contributed by atoms with E-state index in [2.05, 4.69) is 5.32 Å². The van der Waals surface area contributed by atoms with E-state index in [0.717, 1.165) is 12.8 Å². The molecule has 114 valence electrons. The quantitative estimate of drug-likeness (QED) is 0.844. The third-order valence-electron chi connectivity index (χ3n) is 5.56. The van der Waals surface area contributed by atoms with Crippen LogP contribution in [0, 0.1) is 34.9 Å². The topological polar surface area (TPSA) is 66.4 Å². The van der Waals surface area contributed by atoms with Crippen LogP contribution in [0.25, 0.3) is 0 Å². The van der Waals surface area contributed by atoms with Gasteiger partial charge in [-0.25, -0.2) is 4.39 Å². The van der Waals surface area contributed by atoms with Gasteiger partial charge in [-0.05, 0) is 42.2 Å². The van der Waals surface area contributed by atoms with Gasteiger partial charge in [0.15, 0.2) is 0 Å². The first-order valence-electron chi connectivity index (χ1n) is 7.51. The van der Waals surface area contributed by atoms with E-state index < -0.39 is 23.6 Å². The molecule has 0 radical (unpaired) electrons. The van der Waals surface area contributed by atoms with Crippen molar-refractivity contribution >= 4 is 17.6 Å². The SMILES string of the molecule is O=C(O)[C@H]1[C@H](C(=O)Nc2ccccc2F)[C@H]2C=C[C@H]1C21CC1. The first-order valence-corrected chi connectivity index (χ1v) is 7.51. The first kappa shape index (κ1) is 13.5. The standard InChI is InChI=1S/C17H16FNO3/c18-11-3-1-2-4-12(11)19-15(20)13-9-5-6-10(14(13)16(21)22)17(9)7-8-17/h1-6,9-10,13-14H,7-8H2,(H,19,20)(H,21,22)/t9-,10-,13-,14-/m1/s1. The molecule has 1 aromatic rings. The molecular weight excluding hydrogens is 285 g/mol. The van der Waals surface area contributed by atoms with Crippen molar-refractivity contribution in [1.82, 2.24) is 0 Å². The Labute approximate surface area is 127 Å². The third-order valence-corrected chi connectivity index (χ3v) is 5.56. The van der Waals surface area contributed by atoms with E-state index in [9.17, 15) is 19.1 Å². The van der Waals surface area contributed by atoms with Gasteiger partial charge in [0.25, 0.3) is 0 Å². The molecule has 0 aromatic heterocycles. The van der Waals surface area contributed by atoms with Gasteiger partial charge in [0.1, 0.15) is 5.82 Å². The lowest BCUT2D eigenvalue weighted by Crippen LogP contribution is -2.36. The number of hydrogen-bond acceptors (Lipinski definition) is 2. The lowest BCUT2D eigenvalue weighted by molar-refractivity contribution is -0.146. The summed E-state index contributed by atoms with van der Waals surface area (Å²) in [6.07, 6.45) is 5.90. The van der Waals surface area contributed by atoms with Crippen LogP contribution in [-0.2, 0) is 9.59 Å². The molecule has 22 heavy (non-hydrogen) atoms. The molecule has 2 fully saturated rings. The maximum absolute atomic E-state index is 13.7. The molecule has 2 bridgehead atoms. The fourth-order valence-corrected chi connectivity index (χ4v) is 4.47. The van der Waals surface area contributed by atoms with E-state index >= 15 is 0 Å². The normalized spacial score (nSPS) is 33.1. The number of carboxylic acid groups (broad SMARTS) is 1. The third kappa shape index (κ3) is 1.68. The molecule has 1 amide bonds. The van der Waals surface area contributed by atoms with E-state index in [1.807, 2.05) is 12.2 Å². The molecule has 5 heteroatoms. The van der Waals surface area contributed by atoms with Crippen LogP contribution < -0.4 is 5.32 Å². The van der Waals surface area contributed by atoms with E-state index in [0.29, 0.717) is 0 Å². The number of nitrogens with one attached hydrogen (secondary N) is 1. The van der Waals surface area contributed by atoms with Crippen LogP contribution in [0.3, 0.4) is 0 Å². The average Bonchev–Trinajstić information content (AvgIpc) is 3.15. The van der Waals surface area contributed by atoms with E-state index in [1.54, 1.807) is 12.1 Å². The Kier molecular flexibility index (Phi) is 2.71. The molecule has 2 saturated carbocycles. The number of anilines is 1. The van der Waals surface area contributed by atoms with Crippen molar-refractivity contribution in [2.75, 3.05) is 5.32 Å². The number of carboxylic acids is 1. The highest BCUT2D eigenvalue weighted by Gasteiger charge is 2.70. The molecule has 0 unspecified atom stereocenters. The lowest BCUT2D eigenvalue weighted by Gasteiger charge is -2.23. The molecule has 4 nitrogen and oxygen atoms in total. The molecular formula is C17H16FNO3. The highest BCUT2D eigenvalue weighted by molar-refractivity contribution is 5.96. The Bertz CT molecular complexity index is 695. The molecule has 2 N–H and O–H groups in total. The molecule has 3 aliphatic rings. The Balaban J connectivity index is 1.64. The average molecular weight is 301 g/mol. The van der Waals surface area contributed by atoms with Gasteiger partial charge in [-0.2, -0.15) is 0 Å². The summed E-state index contributed by atoms with van der Waals surface area (Å²) in [6.45, 7) is 0. The molecule has 0 saturated heterocycles. The van der Waals surface area contributed by atoms with Gasteiger partial charge in [0, 0.05) is 0 Å². The molecule has 4 atom stereocenters. The van der Waals surface area contributed by atoms with Gasteiger partial charge in [0.2, 0.25) is 5.91 Å². The van der Waals surface area contributed by atoms with Crippen LogP contribution in [-0.4, -0.2) is 17.0 Å². The predicted molar refractivity (Wildman–Crippen MR) is 77.4 cm³/mol.